The van der Waals surface area contributed by atoms with Crippen molar-refractivity contribution >= 4 is 23.4 Å². The smallest absolute Gasteiger partial charge is 0.227 e. The van der Waals surface area contributed by atoms with E-state index in [1.165, 1.54) is 24.3 Å². The van der Waals surface area contributed by atoms with Crippen LogP contribution in [-0.4, -0.2) is 11.8 Å². The molecule has 6 nitrogen and oxygen atoms in total. The molecule has 2 amide bonds. The summed E-state index contributed by atoms with van der Waals surface area (Å²) in [5.41, 5.74) is 1.39. The fourth-order valence-electron chi connectivity index (χ4n) is 2.02. The number of nitriles is 1. The molecule has 2 aromatic rings. The molecule has 0 saturated carbocycles. The lowest BCUT2D eigenvalue weighted by molar-refractivity contribution is -0.121. The van der Waals surface area contributed by atoms with E-state index in [0.29, 0.717) is 17.0 Å². The first kappa shape index (κ1) is 17.2. The Morgan fingerprint density at radius 3 is 2.29 bits per heavy atom. The monoisotopic (exact) mass is 329 g/mol. The molecule has 24 heavy (non-hydrogen) atoms. The lowest BCUT2D eigenvalue weighted by Crippen LogP contribution is -2.17. The minimum atomic E-state index is -0.436. The molecular formula is C17H16FN3O3. The van der Waals surface area contributed by atoms with Crippen LogP contribution in [0.2, 0.25) is 0 Å². The van der Waals surface area contributed by atoms with Crippen LogP contribution in [0, 0.1) is 31.0 Å². The predicted octanol–water partition coefficient (Wildman–Crippen LogP) is 3.26. The molecule has 0 aliphatic rings. The van der Waals surface area contributed by atoms with Crippen LogP contribution in [0.1, 0.15) is 29.7 Å². The molecule has 0 atom stereocenters. The fraction of sp³-hybridized carbons (Fsp3) is 0.235. The van der Waals surface area contributed by atoms with Crippen LogP contribution in [0.3, 0.4) is 0 Å². The van der Waals surface area contributed by atoms with Gasteiger partial charge in [-0.1, -0.05) is 0 Å². The molecule has 7 heteroatoms. The van der Waals surface area contributed by atoms with E-state index in [4.69, 9.17) is 9.68 Å². The number of nitrogens with zero attached hydrogens (tertiary/aromatic N) is 1. The number of carbonyl (C=O) groups is 2. The summed E-state index contributed by atoms with van der Waals surface area (Å²) >= 11 is 0. The minimum absolute atomic E-state index is 0.0518. The number of hydrogen-bond donors (Lipinski definition) is 2. The largest absolute Gasteiger partial charge is 0.444 e. The minimum Gasteiger partial charge on any atom is -0.444 e. The van der Waals surface area contributed by atoms with E-state index < -0.39 is 11.7 Å². The third-order valence-electron chi connectivity index (χ3n) is 3.46. The van der Waals surface area contributed by atoms with Crippen LogP contribution < -0.4 is 10.6 Å². The van der Waals surface area contributed by atoms with Crippen LogP contribution in [-0.2, 0) is 9.59 Å². The molecule has 0 fully saturated rings. The first-order valence-electron chi connectivity index (χ1n) is 7.26. The SMILES string of the molecule is Cc1oc(NC(=O)CCC(=O)Nc2ccc(F)cc2)c(C#N)c1C. The van der Waals surface area contributed by atoms with Crippen molar-refractivity contribution in [2.75, 3.05) is 10.6 Å². The number of carbonyl (C=O) groups excluding carboxylic acids is 2. The number of benzene rings is 1. The summed E-state index contributed by atoms with van der Waals surface area (Å²) < 4.78 is 18.1. The lowest BCUT2D eigenvalue weighted by Gasteiger charge is -2.05. The van der Waals surface area contributed by atoms with Gasteiger partial charge in [0.25, 0.3) is 0 Å². The predicted molar refractivity (Wildman–Crippen MR) is 85.8 cm³/mol. The van der Waals surface area contributed by atoms with Crippen molar-refractivity contribution in [3.05, 3.63) is 47.0 Å². The van der Waals surface area contributed by atoms with Gasteiger partial charge in [0.1, 0.15) is 23.2 Å². The lowest BCUT2D eigenvalue weighted by atomic mass is 10.2. The van der Waals surface area contributed by atoms with Gasteiger partial charge in [0, 0.05) is 24.1 Å². The van der Waals surface area contributed by atoms with Gasteiger partial charge < -0.3 is 9.73 Å². The molecule has 1 aromatic heterocycles. The van der Waals surface area contributed by atoms with Crippen molar-refractivity contribution in [3.63, 3.8) is 0 Å². The van der Waals surface area contributed by atoms with Crippen molar-refractivity contribution in [1.29, 1.82) is 5.26 Å². The van der Waals surface area contributed by atoms with Crippen molar-refractivity contribution in [1.82, 2.24) is 0 Å². The quantitative estimate of drug-likeness (QED) is 0.880. The van der Waals surface area contributed by atoms with Crippen LogP contribution in [0.25, 0.3) is 0 Å². The maximum absolute atomic E-state index is 12.8. The molecule has 0 bridgehead atoms. The molecule has 0 unspecified atom stereocenters. The van der Waals surface area contributed by atoms with E-state index in [9.17, 15) is 14.0 Å². The highest BCUT2D eigenvalue weighted by molar-refractivity contribution is 5.96. The standard InChI is InChI=1S/C17H16FN3O3/c1-10-11(2)24-17(14(10)9-19)21-16(23)8-7-15(22)20-13-5-3-12(18)4-6-13/h3-6H,7-8H2,1-2H3,(H,20,22)(H,21,23). The third kappa shape index (κ3) is 4.20. The summed E-state index contributed by atoms with van der Waals surface area (Å²) in [5.74, 6) is -0.560. The third-order valence-corrected chi connectivity index (χ3v) is 3.46. The Hall–Kier alpha value is -3.14. The topological polar surface area (TPSA) is 95.1 Å². The Morgan fingerprint density at radius 2 is 1.71 bits per heavy atom. The summed E-state index contributed by atoms with van der Waals surface area (Å²) in [4.78, 5) is 23.7. The molecule has 0 spiro atoms. The maximum atomic E-state index is 12.8. The molecule has 2 rings (SSSR count). The molecule has 124 valence electrons. The maximum Gasteiger partial charge on any atom is 0.227 e. The average Bonchev–Trinajstić information content (AvgIpc) is 2.81. The number of hydrogen-bond acceptors (Lipinski definition) is 4. The van der Waals surface area contributed by atoms with Gasteiger partial charge in [-0.25, -0.2) is 4.39 Å². The van der Waals surface area contributed by atoms with E-state index in [2.05, 4.69) is 10.6 Å². The van der Waals surface area contributed by atoms with E-state index in [0.717, 1.165) is 0 Å². The number of rotatable bonds is 5. The first-order chi connectivity index (χ1) is 11.4. The second-order valence-corrected chi connectivity index (χ2v) is 5.20. The zero-order valence-corrected chi connectivity index (χ0v) is 13.3. The summed E-state index contributed by atoms with van der Waals surface area (Å²) in [7, 11) is 0. The van der Waals surface area contributed by atoms with Crippen LogP contribution in [0.4, 0.5) is 16.0 Å². The molecule has 2 N–H and O–H groups in total. The number of furan rings is 1. The van der Waals surface area contributed by atoms with Crippen LogP contribution in [0.15, 0.2) is 28.7 Å². The van der Waals surface area contributed by atoms with Crippen molar-refractivity contribution < 1.29 is 18.4 Å². The Bertz CT molecular complexity index is 804. The Morgan fingerprint density at radius 1 is 1.12 bits per heavy atom. The van der Waals surface area contributed by atoms with Gasteiger partial charge in [0.2, 0.25) is 17.7 Å². The van der Waals surface area contributed by atoms with Gasteiger partial charge in [-0.05, 0) is 38.1 Å². The molecule has 1 aromatic carbocycles. The average molecular weight is 329 g/mol. The van der Waals surface area contributed by atoms with Gasteiger partial charge in [-0.15, -0.1) is 0 Å². The van der Waals surface area contributed by atoms with Gasteiger partial charge in [-0.2, -0.15) is 5.26 Å². The second-order valence-electron chi connectivity index (χ2n) is 5.20. The number of amides is 2. The highest BCUT2D eigenvalue weighted by Gasteiger charge is 2.17. The number of aryl methyl sites for hydroxylation is 1. The Labute approximate surface area is 138 Å². The Balaban J connectivity index is 1.87. The van der Waals surface area contributed by atoms with Crippen LogP contribution in [0.5, 0.6) is 0 Å². The van der Waals surface area contributed by atoms with Gasteiger partial charge in [0.15, 0.2) is 0 Å². The first-order valence-corrected chi connectivity index (χ1v) is 7.26. The van der Waals surface area contributed by atoms with E-state index >= 15 is 0 Å². The molecule has 0 saturated heterocycles. The van der Waals surface area contributed by atoms with Gasteiger partial charge in [-0.3, -0.25) is 14.9 Å². The fourth-order valence-corrected chi connectivity index (χ4v) is 2.02. The van der Waals surface area contributed by atoms with E-state index in [1.54, 1.807) is 13.8 Å². The van der Waals surface area contributed by atoms with Crippen molar-refractivity contribution in [2.24, 2.45) is 0 Å². The molecule has 0 aliphatic heterocycles. The molecular weight excluding hydrogens is 313 g/mol. The molecule has 1 heterocycles. The molecule has 0 radical (unpaired) electrons. The van der Waals surface area contributed by atoms with Crippen molar-refractivity contribution in [3.8, 4) is 6.07 Å². The summed E-state index contributed by atoms with van der Waals surface area (Å²) in [6, 6.07) is 7.30. The highest BCUT2D eigenvalue weighted by Crippen LogP contribution is 2.25. The second kappa shape index (κ2) is 7.42. The van der Waals surface area contributed by atoms with Crippen molar-refractivity contribution in [2.45, 2.75) is 26.7 Å². The summed E-state index contributed by atoms with van der Waals surface area (Å²) in [6.07, 6.45) is -0.125. The zero-order chi connectivity index (χ0) is 17.7. The number of halogens is 1. The van der Waals surface area contributed by atoms with E-state index in [-0.39, 0.29) is 30.2 Å². The van der Waals surface area contributed by atoms with Gasteiger partial charge >= 0.3 is 0 Å². The van der Waals surface area contributed by atoms with Gasteiger partial charge in [0.05, 0.1) is 0 Å². The normalized spacial score (nSPS) is 10.1. The Kier molecular flexibility index (Phi) is 5.32. The summed E-state index contributed by atoms with van der Waals surface area (Å²) in [6.45, 7) is 3.42. The zero-order valence-electron chi connectivity index (χ0n) is 13.3. The number of anilines is 2. The highest BCUT2D eigenvalue weighted by atomic mass is 19.1. The summed E-state index contributed by atoms with van der Waals surface area (Å²) in [5, 5.41) is 14.1. The van der Waals surface area contributed by atoms with Crippen LogP contribution >= 0.6 is 0 Å². The number of nitrogens with one attached hydrogen (secondary N) is 2. The molecule has 0 aliphatic carbocycles. The van der Waals surface area contributed by atoms with E-state index in [1.807, 2.05) is 6.07 Å².